The third-order valence-corrected chi connectivity index (χ3v) is 2.90. The van der Waals surface area contributed by atoms with Crippen molar-refractivity contribution in [3.8, 4) is 0 Å². The minimum atomic E-state index is -0.192. The van der Waals surface area contributed by atoms with Crippen LogP contribution in [0.15, 0.2) is 0 Å². The summed E-state index contributed by atoms with van der Waals surface area (Å²) < 4.78 is 11.8. The van der Waals surface area contributed by atoms with Crippen LogP contribution in [0.25, 0.3) is 0 Å². The highest BCUT2D eigenvalue weighted by atomic mass is 79.9. The van der Waals surface area contributed by atoms with Gasteiger partial charge in [0.25, 0.3) is 0 Å². The summed E-state index contributed by atoms with van der Waals surface area (Å²) in [4.78, 5) is 12.9. The lowest BCUT2D eigenvalue weighted by Gasteiger charge is -2.15. The molecule has 2 nitrogen and oxygen atoms in total. The summed E-state index contributed by atoms with van der Waals surface area (Å²) in [6, 6.07) is 0. The summed E-state index contributed by atoms with van der Waals surface area (Å²) in [5.41, 5.74) is 0. The lowest BCUT2D eigenvalue weighted by atomic mass is 10.1. The number of alkyl halides is 2. The fourth-order valence-corrected chi connectivity index (χ4v) is 1.81. The first kappa shape index (κ1) is 14.9. The van der Waals surface area contributed by atoms with E-state index in [1.807, 2.05) is 7.05 Å². The molecule has 0 aliphatic carbocycles. The maximum absolute atomic E-state index is 11.8. The Labute approximate surface area is 100 Å². The van der Waals surface area contributed by atoms with Crippen LogP contribution in [0.5, 0.6) is 0 Å². The highest BCUT2D eigenvalue weighted by Crippen LogP contribution is 2.06. The number of carbonyl (C=O) groups excluding carboxylic acids is 1. The molecule has 0 atom stereocenters. The molecule has 0 fully saturated rings. The minimum absolute atomic E-state index is 0.132. The molecule has 0 rings (SSSR count). The maximum Gasteiger partial charge on any atom is 0.232 e. The van der Waals surface area contributed by atoms with E-state index in [9.17, 15) is 9.18 Å². The molecule has 0 radical (unpaired) electrons. The Morgan fingerprint density at radius 1 is 1.13 bits per heavy atom. The molecule has 0 saturated heterocycles. The lowest BCUT2D eigenvalue weighted by Crippen LogP contribution is -2.28. The fourth-order valence-electron chi connectivity index (χ4n) is 1.38. The molecule has 90 valence electrons. The van der Waals surface area contributed by atoms with Gasteiger partial charge in [0.15, 0.2) is 0 Å². The normalized spacial score (nSPS) is 10.3. The molecule has 0 saturated carbocycles. The summed E-state index contributed by atoms with van der Waals surface area (Å²) >= 11 is 3.14. The van der Waals surface area contributed by atoms with Crippen LogP contribution in [0.3, 0.4) is 0 Å². The fraction of sp³-hybridized carbons (Fsp3) is 0.909. The number of amides is 1. The van der Waals surface area contributed by atoms with Crippen molar-refractivity contribution in [1.82, 2.24) is 4.90 Å². The smallest absolute Gasteiger partial charge is 0.232 e. The third kappa shape index (κ3) is 8.85. The van der Waals surface area contributed by atoms with Crippen molar-refractivity contribution in [1.29, 1.82) is 0 Å². The molecule has 1 amide bonds. The van der Waals surface area contributed by atoms with Gasteiger partial charge in [-0.05, 0) is 12.8 Å². The number of rotatable bonds is 9. The molecule has 0 unspecified atom stereocenters. The Morgan fingerprint density at radius 3 is 2.20 bits per heavy atom. The van der Waals surface area contributed by atoms with Crippen molar-refractivity contribution >= 4 is 21.8 Å². The number of hydrogen-bond acceptors (Lipinski definition) is 1. The molecule has 0 aliphatic heterocycles. The predicted molar refractivity (Wildman–Crippen MR) is 65.1 cm³/mol. The highest BCUT2D eigenvalue weighted by Gasteiger charge is 2.04. The van der Waals surface area contributed by atoms with Gasteiger partial charge in [-0.25, -0.2) is 0 Å². The molecule has 0 spiro atoms. The average Bonchev–Trinajstić information content (AvgIpc) is 2.26. The second-order valence-electron chi connectivity index (χ2n) is 3.76. The van der Waals surface area contributed by atoms with Gasteiger partial charge in [0.1, 0.15) is 0 Å². The Balaban J connectivity index is 3.20. The standard InChI is InChI=1S/C11H21BrFNO/c1-14(11(15)10-12)9-7-5-3-2-4-6-8-13/h2-10H2,1H3. The van der Waals surface area contributed by atoms with E-state index in [0.29, 0.717) is 11.8 Å². The van der Waals surface area contributed by atoms with Crippen LogP contribution >= 0.6 is 15.9 Å². The van der Waals surface area contributed by atoms with E-state index in [2.05, 4.69) is 15.9 Å². The number of carbonyl (C=O) groups is 1. The molecule has 15 heavy (non-hydrogen) atoms. The van der Waals surface area contributed by atoms with E-state index in [-0.39, 0.29) is 12.6 Å². The van der Waals surface area contributed by atoms with Gasteiger partial charge < -0.3 is 4.90 Å². The third-order valence-electron chi connectivity index (χ3n) is 2.42. The number of halogens is 2. The molecule has 0 aromatic rings. The van der Waals surface area contributed by atoms with E-state index >= 15 is 0 Å². The quantitative estimate of drug-likeness (QED) is 0.470. The zero-order valence-electron chi connectivity index (χ0n) is 9.48. The van der Waals surface area contributed by atoms with E-state index < -0.39 is 0 Å². The number of unbranched alkanes of at least 4 members (excludes halogenated alkanes) is 5. The Bertz CT molecular complexity index is 167. The second-order valence-corrected chi connectivity index (χ2v) is 4.32. The second kappa shape index (κ2) is 10.4. The van der Waals surface area contributed by atoms with E-state index in [1.54, 1.807) is 4.90 Å². The number of hydrogen-bond donors (Lipinski definition) is 0. The van der Waals surface area contributed by atoms with Crippen LogP contribution in [0.4, 0.5) is 4.39 Å². The molecule has 0 aliphatic rings. The summed E-state index contributed by atoms with van der Waals surface area (Å²) in [6.45, 7) is 0.635. The van der Waals surface area contributed by atoms with Gasteiger partial charge in [-0.1, -0.05) is 41.6 Å². The van der Waals surface area contributed by atoms with Crippen LogP contribution < -0.4 is 0 Å². The first-order valence-electron chi connectivity index (χ1n) is 5.58. The first-order chi connectivity index (χ1) is 7.22. The van der Waals surface area contributed by atoms with Gasteiger partial charge in [0.2, 0.25) is 5.91 Å². The molecule has 0 N–H and O–H groups in total. The van der Waals surface area contributed by atoms with Crippen molar-refractivity contribution in [3.05, 3.63) is 0 Å². The zero-order valence-corrected chi connectivity index (χ0v) is 11.1. The first-order valence-corrected chi connectivity index (χ1v) is 6.70. The van der Waals surface area contributed by atoms with E-state index in [1.165, 1.54) is 0 Å². The summed E-state index contributed by atoms with van der Waals surface area (Å²) in [6.07, 6.45) is 6.13. The Kier molecular flexibility index (Phi) is 10.3. The Morgan fingerprint density at radius 2 is 1.67 bits per heavy atom. The van der Waals surface area contributed by atoms with Crippen LogP contribution in [0.1, 0.15) is 38.5 Å². The van der Waals surface area contributed by atoms with E-state index in [4.69, 9.17) is 0 Å². The zero-order chi connectivity index (χ0) is 11.5. The lowest BCUT2D eigenvalue weighted by molar-refractivity contribution is -0.127. The van der Waals surface area contributed by atoms with Crippen molar-refractivity contribution < 1.29 is 9.18 Å². The highest BCUT2D eigenvalue weighted by molar-refractivity contribution is 9.09. The van der Waals surface area contributed by atoms with Crippen LogP contribution in [0, 0.1) is 0 Å². The van der Waals surface area contributed by atoms with Gasteiger partial charge in [-0.15, -0.1) is 0 Å². The summed E-state index contributed by atoms with van der Waals surface area (Å²) in [5, 5.41) is 0.403. The molecule has 4 heteroatoms. The number of nitrogens with zero attached hydrogens (tertiary/aromatic N) is 1. The van der Waals surface area contributed by atoms with Gasteiger partial charge in [0, 0.05) is 13.6 Å². The van der Waals surface area contributed by atoms with Crippen LogP contribution in [-0.2, 0) is 4.79 Å². The SMILES string of the molecule is CN(CCCCCCCCF)C(=O)CBr. The van der Waals surface area contributed by atoms with Crippen molar-refractivity contribution in [2.24, 2.45) is 0 Å². The molecular formula is C11H21BrFNO. The summed E-state index contributed by atoms with van der Waals surface area (Å²) in [5.74, 6) is 0.132. The molecule has 0 aromatic carbocycles. The maximum atomic E-state index is 11.8. The molecule has 0 bridgehead atoms. The van der Waals surface area contributed by atoms with Gasteiger partial charge >= 0.3 is 0 Å². The topological polar surface area (TPSA) is 20.3 Å². The largest absolute Gasteiger partial charge is 0.345 e. The Hall–Kier alpha value is -0.120. The van der Waals surface area contributed by atoms with Gasteiger partial charge in [-0.2, -0.15) is 0 Å². The van der Waals surface area contributed by atoms with Crippen molar-refractivity contribution in [2.45, 2.75) is 38.5 Å². The summed E-state index contributed by atoms with van der Waals surface area (Å²) in [7, 11) is 1.83. The van der Waals surface area contributed by atoms with E-state index in [0.717, 1.165) is 38.6 Å². The van der Waals surface area contributed by atoms with Crippen LogP contribution in [-0.4, -0.2) is 36.4 Å². The van der Waals surface area contributed by atoms with Gasteiger partial charge in [-0.3, -0.25) is 9.18 Å². The van der Waals surface area contributed by atoms with Crippen molar-refractivity contribution in [3.63, 3.8) is 0 Å². The minimum Gasteiger partial charge on any atom is -0.345 e. The molecular weight excluding hydrogens is 261 g/mol. The average molecular weight is 282 g/mol. The molecule has 0 aromatic heterocycles. The van der Waals surface area contributed by atoms with Gasteiger partial charge in [0.05, 0.1) is 12.0 Å². The van der Waals surface area contributed by atoms with Crippen molar-refractivity contribution in [2.75, 3.05) is 25.6 Å². The van der Waals surface area contributed by atoms with Crippen LogP contribution in [0.2, 0.25) is 0 Å². The monoisotopic (exact) mass is 281 g/mol. The molecule has 0 heterocycles. The predicted octanol–water partition coefficient (Wildman–Crippen LogP) is 3.15.